The number of nitrogens with two attached hydrogens (primary N) is 1. The normalized spacial score (nSPS) is 11.5. The predicted molar refractivity (Wildman–Crippen MR) is 77.7 cm³/mol. The quantitative estimate of drug-likeness (QED) is 0.394. The second kappa shape index (κ2) is 5.97. The van der Waals surface area contributed by atoms with E-state index in [0.717, 1.165) is 11.6 Å². The Balaban J connectivity index is 2.53. The Morgan fingerprint density at radius 3 is 2.71 bits per heavy atom. The molecular formula is C14H13ClFN3O2. The van der Waals surface area contributed by atoms with E-state index in [-0.39, 0.29) is 22.5 Å². The molecular weight excluding hydrogens is 297 g/mol. The van der Waals surface area contributed by atoms with Gasteiger partial charge in [0.05, 0.1) is 10.6 Å². The van der Waals surface area contributed by atoms with Gasteiger partial charge in [-0.05, 0) is 43.7 Å². The topological polar surface area (TPSA) is 80.7 Å². The third-order valence-corrected chi connectivity index (χ3v) is 3.07. The highest BCUT2D eigenvalue weighted by Crippen LogP contribution is 2.31. The Kier molecular flexibility index (Phi) is 4.28. The van der Waals surface area contributed by atoms with E-state index in [1.165, 1.54) is 12.1 Å². The monoisotopic (exact) mass is 309 g/mol. The van der Waals surface area contributed by atoms with Gasteiger partial charge in [-0.25, -0.2) is 9.37 Å². The maximum atomic E-state index is 13.0. The van der Waals surface area contributed by atoms with Gasteiger partial charge in [0.15, 0.2) is 5.84 Å². The van der Waals surface area contributed by atoms with Gasteiger partial charge in [0.2, 0.25) is 5.88 Å². The molecule has 1 heterocycles. The van der Waals surface area contributed by atoms with E-state index in [4.69, 9.17) is 27.3 Å². The van der Waals surface area contributed by atoms with E-state index in [9.17, 15) is 4.39 Å². The molecule has 0 saturated carbocycles. The lowest BCUT2D eigenvalue weighted by Gasteiger charge is -2.13. The van der Waals surface area contributed by atoms with Gasteiger partial charge in [-0.2, -0.15) is 0 Å². The van der Waals surface area contributed by atoms with Crippen molar-refractivity contribution in [2.75, 3.05) is 0 Å². The smallest absolute Gasteiger partial charge is 0.230 e. The van der Waals surface area contributed by atoms with Crippen LogP contribution in [0.1, 0.15) is 16.8 Å². The summed E-state index contributed by atoms with van der Waals surface area (Å²) in [5, 5.41) is 11.9. The number of halogens is 2. The van der Waals surface area contributed by atoms with Crippen molar-refractivity contribution in [3.8, 4) is 11.6 Å². The highest BCUT2D eigenvalue weighted by Gasteiger charge is 2.16. The fourth-order valence-corrected chi connectivity index (χ4v) is 2.11. The van der Waals surface area contributed by atoms with Gasteiger partial charge in [-0.1, -0.05) is 16.8 Å². The third kappa shape index (κ3) is 3.22. The summed E-state index contributed by atoms with van der Waals surface area (Å²) < 4.78 is 18.6. The number of rotatable bonds is 3. The summed E-state index contributed by atoms with van der Waals surface area (Å²) in [4.78, 5) is 4.22. The molecule has 3 N–H and O–H groups in total. The van der Waals surface area contributed by atoms with Crippen LogP contribution in [-0.4, -0.2) is 16.0 Å². The van der Waals surface area contributed by atoms with Crippen molar-refractivity contribution in [1.82, 2.24) is 4.98 Å². The molecule has 0 spiro atoms. The minimum Gasteiger partial charge on any atom is -0.437 e. The van der Waals surface area contributed by atoms with Gasteiger partial charge in [0.25, 0.3) is 0 Å². The van der Waals surface area contributed by atoms with Crippen molar-refractivity contribution in [3.05, 3.63) is 51.9 Å². The Hall–Kier alpha value is -2.34. The summed E-state index contributed by atoms with van der Waals surface area (Å²) in [5.74, 6) is -0.246. The van der Waals surface area contributed by atoms with Crippen LogP contribution >= 0.6 is 11.6 Å². The maximum absolute atomic E-state index is 13.0. The molecule has 1 aromatic heterocycles. The van der Waals surface area contributed by atoms with Crippen LogP contribution in [0.4, 0.5) is 4.39 Å². The molecule has 2 rings (SSSR count). The SMILES string of the molecule is Cc1cc(C)c(C(N)=NO)c(Oc2ccc(F)cc2Cl)n1. The van der Waals surface area contributed by atoms with Crippen molar-refractivity contribution < 1.29 is 14.3 Å². The van der Waals surface area contributed by atoms with Crippen molar-refractivity contribution >= 4 is 17.4 Å². The summed E-state index contributed by atoms with van der Waals surface area (Å²) in [5.41, 5.74) is 7.42. The second-order valence-electron chi connectivity index (χ2n) is 4.42. The van der Waals surface area contributed by atoms with Crippen LogP contribution < -0.4 is 10.5 Å². The molecule has 21 heavy (non-hydrogen) atoms. The van der Waals surface area contributed by atoms with E-state index >= 15 is 0 Å². The summed E-state index contributed by atoms with van der Waals surface area (Å²) in [6, 6.07) is 5.50. The van der Waals surface area contributed by atoms with Crippen LogP contribution in [-0.2, 0) is 0 Å². The number of nitrogens with zero attached hydrogens (tertiary/aromatic N) is 2. The van der Waals surface area contributed by atoms with Crippen LogP contribution in [0, 0.1) is 19.7 Å². The largest absolute Gasteiger partial charge is 0.437 e. The summed E-state index contributed by atoms with van der Waals surface area (Å²) >= 11 is 5.92. The number of hydrogen-bond donors (Lipinski definition) is 2. The second-order valence-corrected chi connectivity index (χ2v) is 4.83. The van der Waals surface area contributed by atoms with Crippen LogP contribution in [0.5, 0.6) is 11.6 Å². The molecule has 0 unspecified atom stereocenters. The van der Waals surface area contributed by atoms with Gasteiger partial charge in [-0.15, -0.1) is 0 Å². The fourth-order valence-electron chi connectivity index (χ4n) is 1.90. The van der Waals surface area contributed by atoms with E-state index in [0.29, 0.717) is 11.3 Å². The molecule has 0 aliphatic rings. The first-order valence-corrected chi connectivity index (χ1v) is 6.39. The molecule has 0 amide bonds. The summed E-state index contributed by atoms with van der Waals surface area (Å²) in [7, 11) is 0. The zero-order valence-corrected chi connectivity index (χ0v) is 12.1. The number of hydrogen-bond acceptors (Lipinski definition) is 4. The molecule has 0 aliphatic carbocycles. The molecule has 0 fully saturated rings. The molecule has 0 bridgehead atoms. The lowest BCUT2D eigenvalue weighted by molar-refractivity contribution is 0.318. The lowest BCUT2D eigenvalue weighted by Crippen LogP contribution is -2.17. The van der Waals surface area contributed by atoms with Crippen molar-refractivity contribution in [1.29, 1.82) is 0 Å². The number of ether oxygens (including phenoxy) is 1. The molecule has 7 heteroatoms. The highest BCUT2D eigenvalue weighted by atomic mass is 35.5. The molecule has 0 radical (unpaired) electrons. The Bertz CT molecular complexity index is 720. The van der Waals surface area contributed by atoms with Crippen molar-refractivity contribution in [2.45, 2.75) is 13.8 Å². The number of aromatic nitrogens is 1. The van der Waals surface area contributed by atoms with Crippen molar-refractivity contribution in [3.63, 3.8) is 0 Å². The first kappa shape index (κ1) is 15.1. The highest BCUT2D eigenvalue weighted by molar-refractivity contribution is 6.32. The standard InChI is InChI=1S/C14H13ClFN3O2/c1-7-5-8(2)18-14(12(7)13(17)19-20)21-11-4-3-9(16)6-10(11)15/h3-6,20H,1-2H3,(H2,17,19). The molecule has 0 aliphatic heterocycles. The first-order valence-electron chi connectivity index (χ1n) is 6.01. The molecule has 5 nitrogen and oxygen atoms in total. The van der Waals surface area contributed by atoms with Gasteiger partial charge in [0, 0.05) is 5.69 Å². The number of oxime groups is 1. The number of benzene rings is 1. The Labute approximate surface area is 125 Å². The molecule has 1 aromatic carbocycles. The zero-order chi connectivity index (χ0) is 15.6. The minimum atomic E-state index is -0.475. The first-order chi connectivity index (χ1) is 9.92. The minimum absolute atomic E-state index is 0.0985. The third-order valence-electron chi connectivity index (χ3n) is 2.78. The van der Waals surface area contributed by atoms with Gasteiger partial charge in [-0.3, -0.25) is 0 Å². The van der Waals surface area contributed by atoms with Gasteiger partial charge < -0.3 is 15.7 Å². The zero-order valence-electron chi connectivity index (χ0n) is 11.4. The Morgan fingerprint density at radius 2 is 2.10 bits per heavy atom. The Morgan fingerprint density at radius 1 is 1.38 bits per heavy atom. The molecule has 0 atom stereocenters. The summed E-state index contributed by atoms with van der Waals surface area (Å²) in [6.45, 7) is 3.56. The number of pyridine rings is 1. The van der Waals surface area contributed by atoms with E-state index in [1.807, 2.05) is 0 Å². The molecule has 0 saturated heterocycles. The average molecular weight is 310 g/mol. The van der Waals surface area contributed by atoms with Gasteiger partial charge >= 0.3 is 0 Å². The van der Waals surface area contributed by atoms with Crippen LogP contribution in [0.2, 0.25) is 5.02 Å². The number of aryl methyl sites for hydroxylation is 2. The van der Waals surface area contributed by atoms with Crippen LogP contribution in [0.15, 0.2) is 29.4 Å². The summed E-state index contributed by atoms with van der Waals surface area (Å²) in [6.07, 6.45) is 0. The van der Waals surface area contributed by atoms with E-state index in [1.54, 1.807) is 19.9 Å². The van der Waals surface area contributed by atoms with E-state index < -0.39 is 5.82 Å². The average Bonchev–Trinajstić information content (AvgIpc) is 2.40. The number of amidine groups is 1. The van der Waals surface area contributed by atoms with Crippen LogP contribution in [0.25, 0.3) is 0 Å². The van der Waals surface area contributed by atoms with Gasteiger partial charge in [0.1, 0.15) is 11.6 Å². The molecule has 2 aromatic rings. The fraction of sp³-hybridized carbons (Fsp3) is 0.143. The van der Waals surface area contributed by atoms with E-state index in [2.05, 4.69) is 10.1 Å². The molecule has 110 valence electrons. The van der Waals surface area contributed by atoms with Crippen LogP contribution in [0.3, 0.4) is 0 Å². The van der Waals surface area contributed by atoms with Crippen molar-refractivity contribution in [2.24, 2.45) is 10.9 Å². The predicted octanol–water partition coefficient (Wildman–Crippen LogP) is 3.38. The maximum Gasteiger partial charge on any atom is 0.230 e. The lowest BCUT2D eigenvalue weighted by atomic mass is 10.1.